The first-order valence-electron chi connectivity index (χ1n) is 40.8. The van der Waals surface area contributed by atoms with Crippen LogP contribution in [-0.4, -0.2) is 227 Å². The highest BCUT2D eigenvalue weighted by Crippen LogP contribution is 2.36. The van der Waals surface area contributed by atoms with E-state index in [-0.39, 0.29) is 29.9 Å². The van der Waals surface area contributed by atoms with Gasteiger partial charge in [0.05, 0.1) is 40.8 Å². The quantitative estimate of drug-likeness (QED) is 0.0324. The van der Waals surface area contributed by atoms with E-state index in [0.29, 0.717) is 76.7 Å². The van der Waals surface area contributed by atoms with E-state index < -0.39 is 0 Å². The molecule has 3 saturated heterocycles. The van der Waals surface area contributed by atoms with Crippen molar-refractivity contribution in [3.05, 3.63) is 253 Å². The molecule has 3 aliphatic heterocycles. The predicted octanol–water partition coefficient (Wildman–Crippen LogP) is 14.9. The lowest BCUT2D eigenvalue weighted by atomic mass is 9.89. The Hall–Kier alpha value is -13.5. The molecule has 3 amide bonds. The maximum absolute atomic E-state index is 13.0. The number of methoxy groups -OCH3 is 1. The Balaban J connectivity index is 0.000000135. The van der Waals surface area contributed by atoms with E-state index in [2.05, 4.69) is 138 Å². The second-order valence-corrected chi connectivity index (χ2v) is 30.4. The van der Waals surface area contributed by atoms with Crippen LogP contribution in [-0.2, 0) is 11.2 Å². The minimum absolute atomic E-state index is 0.0290. The van der Waals surface area contributed by atoms with Crippen LogP contribution >= 0.6 is 0 Å². The fraction of sp³-hybridized carbons (Fsp3) is 0.283. The first-order chi connectivity index (χ1) is 58.7. The molecular weight excluding hydrogens is 1510 g/mol. The predicted molar refractivity (Wildman–Crippen MR) is 466 cm³/mol. The molecule has 18 rings (SSSR count). The summed E-state index contributed by atoms with van der Waals surface area (Å²) < 4.78 is 23.9. The summed E-state index contributed by atoms with van der Waals surface area (Å²) in [5, 5.41) is 12.7. The molecule has 2 unspecified atom stereocenters. The van der Waals surface area contributed by atoms with Crippen LogP contribution in [0.3, 0.4) is 0 Å². The highest BCUT2D eigenvalue weighted by atomic mass is 16.5. The summed E-state index contributed by atoms with van der Waals surface area (Å²) in [4.78, 5) is 102. The number of carbonyl (C=O) groups is 3. The van der Waals surface area contributed by atoms with E-state index >= 15 is 0 Å². The molecule has 1 aliphatic carbocycles. The lowest BCUT2D eigenvalue weighted by molar-refractivity contribution is 0.0576. The van der Waals surface area contributed by atoms with Crippen molar-refractivity contribution >= 4 is 85.3 Å². The second-order valence-electron chi connectivity index (χ2n) is 30.4. The number of H-pyrrole nitrogens is 3. The number of nitrogens with zero attached hydrogens (tertiary/aromatic N) is 15. The molecular formula is C92H97N21O7. The Morgan fingerprint density at radius 1 is 0.433 bits per heavy atom. The van der Waals surface area contributed by atoms with Crippen LogP contribution in [0, 0.1) is 0 Å². The van der Waals surface area contributed by atoms with Crippen LogP contribution in [0.1, 0.15) is 93.0 Å². The zero-order valence-electron chi connectivity index (χ0n) is 67.9. The van der Waals surface area contributed by atoms with Crippen molar-refractivity contribution < 1.29 is 33.3 Å². The number of benzene rings is 5. The maximum atomic E-state index is 13.0. The van der Waals surface area contributed by atoms with Gasteiger partial charge in [0.15, 0.2) is 0 Å². The number of pyridine rings is 3. The van der Waals surface area contributed by atoms with Crippen molar-refractivity contribution in [1.82, 2.24) is 89.2 Å². The van der Waals surface area contributed by atoms with Crippen molar-refractivity contribution in [2.45, 2.75) is 51.2 Å². The molecule has 0 saturated carbocycles. The summed E-state index contributed by atoms with van der Waals surface area (Å²) in [5.41, 5.74) is 14.9. The Morgan fingerprint density at radius 2 is 0.833 bits per heavy atom. The minimum atomic E-state index is -0.184. The van der Waals surface area contributed by atoms with E-state index in [4.69, 9.17) is 23.9 Å². The fourth-order valence-electron chi connectivity index (χ4n) is 15.0. The first-order valence-corrected chi connectivity index (χ1v) is 40.8. The summed E-state index contributed by atoms with van der Waals surface area (Å²) in [6.07, 6.45) is 15.5. The van der Waals surface area contributed by atoms with E-state index in [9.17, 15) is 14.4 Å². The number of hydrogen-bond acceptors (Lipinski definition) is 22. The van der Waals surface area contributed by atoms with Gasteiger partial charge in [0.2, 0.25) is 17.8 Å². The highest BCUT2D eigenvalue weighted by molar-refractivity contribution is 6.01. The molecule has 2 atom stereocenters. The third-order valence-electron chi connectivity index (χ3n) is 21.9. The third kappa shape index (κ3) is 20.0. The number of nitrogens with one attached hydrogen (secondary N) is 6. The first kappa shape index (κ1) is 80.3. The van der Waals surface area contributed by atoms with E-state index in [0.717, 1.165) is 189 Å². The molecule has 3 fully saturated rings. The molecule has 612 valence electrons. The van der Waals surface area contributed by atoms with Gasteiger partial charge in [-0.3, -0.25) is 29.3 Å². The van der Waals surface area contributed by atoms with Crippen LogP contribution < -0.4 is 30.2 Å². The number of amides is 3. The molecule has 14 aromatic rings. The average molecular weight is 1610 g/mol. The van der Waals surface area contributed by atoms with Crippen LogP contribution in [0.4, 0.5) is 34.9 Å². The average Bonchev–Trinajstić information content (AvgIpc) is 1.71. The van der Waals surface area contributed by atoms with Crippen molar-refractivity contribution in [2.75, 3.05) is 136 Å². The Bertz CT molecular complexity index is 5880. The van der Waals surface area contributed by atoms with Gasteiger partial charge in [0.25, 0.3) is 17.7 Å². The Morgan fingerprint density at radius 3 is 1.27 bits per heavy atom. The SMILES string of the molecule is CCCCOc1ccnc(-c2ccnc(Nc3ccc4[nH]c(C(=O)N5CCN(C)CC5)cc4c3)n2)c1.CN1CCN(C(=O)c2cc3cc(Nc4nccc(-c5cc(OC6CCCc7ccccc76)ccn5)n4)ccc3[nH]2)CC1.COC(COc1ccnc(-c2ccnc(Nc3ccc4[nH]c(C(=O)N5CCN(C)CC5)cc4c3)n2)c1)c1ccccc1. The number of aromatic amines is 3. The molecule has 28 heteroatoms. The molecule has 12 heterocycles. The molecule has 9 aromatic heterocycles. The maximum Gasteiger partial charge on any atom is 0.270 e. The third-order valence-corrected chi connectivity index (χ3v) is 21.9. The number of likely N-dealkylation sites (N-methyl/N-ethyl adjacent to an activating group) is 3. The van der Waals surface area contributed by atoms with Crippen molar-refractivity contribution in [3.8, 4) is 51.4 Å². The highest BCUT2D eigenvalue weighted by Gasteiger charge is 2.27. The van der Waals surface area contributed by atoms with Crippen molar-refractivity contribution in [3.63, 3.8) is 0 Å². The topological polar surface area (TPSA) is 307 Å². The number of anilines is 6. The van der Waals surface area contributed by atoms with E-state index in [1.165, 1.54) is 11.1 Å². The van der Waals surface area contributed by atoms with Crippen LogP contribution in [0.15, 0.2) is 219 Å². The summed E-state index contributed by atoms with van der Waals surface area (Å²) in [6.45, 7) is 12.9. The van der Waals surface area contributed by atoms with Crippen LogP contribution in [0.25, 0.3) is 66.9 Å². The normalized spacial score (nSPS) is 15.4. The molecule has 0 bridgehead atoms. The van der Waals surface area contributed by atoms with Gasteiger partial charge in [0.1, 0.15) is 53.1 Å². The number of hydrogen-bond donors (Lipinski definition) is 6. The molecule has 28 nitrogen and oxygen atoms in total. The minimum Gasteiger partial charge on any atom is -0.493 e. The second kappa shape index (κ2) is 37.8. The number of fused-ring (bicyclic) bond motifs is 4. The molecule has 0 spiro atoms. The van der Waals surface area contributed by atoms with E-state index in [1.807, 2.05) is 172 Å². The zero-order chi connectivity index (χ0) is 82.3. The Kier molecular flexibility index (Phi) is 25.3. The lowest BCUT2D eigenvalue weighted by Crippen LogP contribution is -2.47. The van der Waals surface area contributed by atoms with Gasteiger partial charge in [-0.05, 0) is 173 Å². The monoisotopic (exact) mass is 1610 g/mol. The number of aryl methyl sites for hydroxylation is 1. The smallest absolute Gasteiger partial charge is 0.270 e. The summed E-state index contributed by atoms with van der Waals surface area (Å²) in [6, 6.07) is 58.7. The fourth-order valence-corrected chi connectivity index (χ4v) is 15.0. The summed E-state index contributed by atoms with van der Waals surface area (Å²) in [5.74, 6) is 3.70. The van der Waals surface area contributed by atoms with Crippen LogP contribution in [0.2, 0.25) is 0 Å². The van der Waals surface area contributed by atoms with Gasteiger partial charge in [-0.25, -0.2) is 29.9 Å². The summed E-state index contributed by atoms with van der Waals surface area (Å²) in [7, 11) is 7.91. The number of piperazine rings is 3. The van der Waals surface area contributed by atoms with Crippen LogP contribution in [0.5, 0.6) is 17.2 Å². The lowest BCUT2D eigenvalue weighted by Gasteiger charge is -2.32. The van der Waals surface area contributed by atoms with Gasteiger partial charge in [-0.2, -0.15) is 0 Å². The largest absolute Gasteiger partial charge is 0.493 e. The van der Waals surface area contributed by atoms with Crippen molar-refractivity contribution in [2.24, 2.45) is 0 Å². The summed E-state index contributed by atoms with van der Waals surface area (Å²) >= 11 is 0. The molecule has 6 N–H and O–H groups in total. The van der Waals surface area contributed by atoms with Gasteiger partial charge >= 0.3 is 0 Å². The zero-order valence-corrected chi connectivity index (χ0v) is 67.9. The molecule has 0 radical (unpaired) electrons. The van der Waals surface area contributed by atoms with Crippen molar-refractivity contribution in [1.29, 1.82) is 0 Å². The number of carbonyl (C=O) groups excluding carboxylic acids is 3. The van der Waals surface area contributed by atoms with Gasteiger partial charge in [0, 0.05) is 191 Å². The number of aromatic nitrogens is 12. The number of unbranched alkanes of at least 4 members (excludes halogenated alkanes) is 1. The standard InChI is InChI=1S/C33H33N7O2.C32H33N7O3.C27H31N7O2/c1-39-15-17-40(18-16-39)32(41)30-20-23-19-24(9-10-27(23)37-30)36-33-35-14-12-28(38-33)29-21-25(11-13-34-29)42-31-8-4-6-22-5-2-3-7-26(22)31;1-38-14-16-39(17-15-38)31(40)29-19-23-18-24(8-9-26(23)36-29)35-32-34-13-11-27(37-32)28-20-25(10-12-33-28)42-21-30(41-2)22-6-4-3-5-7-22;1-3-4-15-36-21-7-9-28-24(18-21)23-8-10-29-27(32-23)30-20-5-6-22-19(16-20)17-25(31-22)26(35)34-13-11-33(2)12-14-34/h2-3,5,7,9-14,19-21,31,37H,4,6,8,15-18H2,1H3,(H,35,36,38);3-13,18-20,30,36H,14-17,21H2,1-2H3,(H,34,35,37);5-10,16-18,31H,3-4,11-15H2,1-2H3,(H,29,30,32). The number of rotatable bonds is 23. The van der Waals surface area contributed by atoms with Gasteiger partial charge in [-0.15, -0.1) is 0 Å². The number of ether oxygens (including phenoxy) is 4. The van der Waals surface area contributed by atoms with E-state index in [1.54, 1.807) is 44.3 Å². The van der Waals surface area contributed by atoms with Gasteiger partial charge < -0.3 is 79.2 Å². The Labute approximate surface area is 695 Å². The molecule has 5 aromatic carbocycles. The molecule has 120 heavy (non-hydrogen) atoms. The molecule has 4 aliphatic rings. The van der Waals surface area contributed by atoms with Gasteiger partial charge in [-0.1, -0.05) is 67.9 Å².